The highest BCUT2D eigenvalue weighted by Crippen LogP contribution is 2.02. The molecule has 0 aromatic rings. The van der Waals surface area contributed by atoms with Crippen LogP contribution >= 0.6 is 0 Å². The minimum absolute atomic E-state index is 0.169. The van der Waals surface area contributed by atoms with Gasteiger partial charge < -0.3 is 15.5 Å². The first-order valence-electron chi connectivity index (χ1n) is 6.13. The largest absolute Gasteiger partial charge is 0.390 e. The van der Waals surface area contributed by atoms with Crippen molar-refractivity contribution >= 4 is 5.91 Å². The minimum atomic E-state index is -0.169. The van der Waals surface area contributed by atoms with E-state index in [9.17, 15) is 4.79 Å². The summed E-state index contributed by atoms with van der Waals surface area (Å²) in [6.07, 6.45) is 3.67. The molecule has 0 aromatic carbocycles. The predicted molar refractivity (Wildman–Crippen MR) is 66.1 cm³/mol. The molecule has 1 rings (SSSR count). The molecule has 5 nitrogen and oxygen atoms in total. The zero-order chi connectivity index (χ0) is 12.5. The zero-order valence-electron chi connectivity index (χ0n) is 10.3. The highest BCUT2D eigenvalue weighted by Gasteiger charge is 2.19. The fraction of sp³-hybridized carbons (Fsp3) is 0.667. The van der Waals surface area contributed by atoms with Crippen LogP contribution in [-0.2, 0) is 4.79 Å². The Morgan fingerprint density at radius 1 is 1.53 bits per heavy atom. The van der Waals surface area contributed by atoms with Crippen molar-refractivity contribution in [3.63, 3.8) is 0 Å². The number of hydrogen-bond acceptors (Lipinski definition) is 4. The van der Waals surface area contributed by atoms with Gasteiger partial charge in [0.25, 0.3) is 5.91 Å². The first kappa shape index (κ1) is 13.5. The summed E-state index contributed by atoms with van der Waals surface area (Å²) >= 11 is 0. The Bertz CT molecular complexity index is 313. The first-order valence-corrected chi connectivity index (χ1v) is 6.13. The summed E-state index contributed by atoms with van der Waals surface area (Å²) in [4.78, 5) is 13.7. The lowest BCUT2D eigenvalue weighted by molar-refractivity contribution is -0.127. The molecule has 1 amide bonds. The van der Waals surface area contributed by atoms with Crippen LogP contribution < -0.4 is 10.6 Å². The second-order valence-electron chi connectivity index (χ2n) is 4.02. The second kappa shape index (κ2) is 7.69. The summed E-state index contributed by atoms with van der Waals surface area (Å²) in [6.45, 7) is 5.85. The van der Waals surface area contributed by atoms with E-state index in [1.807, 2.05) is 6.07 Å². The molecule has 0 unspecified atom stereocenters. The van der Waals surface area contributed by atoms with E-state index in [1.165, 1.54) is 0 Å². The van der Waals surface area contributed by atoms with Gasteiger partial charge in [0.15, 0.2) is 0 Å². The average molecular weight is 236 g/mol. The maximum atomic E-state index is 12.0. The van der Waals surface area contributed by atoms with Gasteiger partial charge in [-0.3, -0.25) is 4.79 Å². The van der Waals surface area contributed by atoms with Gasteiger partial charge in [-0.25, -0.2) is 0 Å². The topological polar surface area (TPSA) is 68.2 Å². The monoisotopic (exact) mass is 236 g/mol. The van der Waals surface area contributed by atoms with Crippen LogP contribution in [0.1, 0.15) is 19.8 Å². The molecule has 1 fully saturated rings. The summed E-state index contributed by atoms with van der Waals surface area (Å²) in [7, 11) is 0. The van der Waals surface area contributed by atoms with Crippen molar-refractivity contribution in [3.05, 3.63) is 11.8 Å². The number of carbonyl (C=O) groups excluding carboxylic acids is 1. The summed E-state index contributed by atoms with van der Waals surface area (Å²) in [5, 5.41) is 15.1. The summed E-state index contributed by atoms with van der Waals surface area (Å²) in [5.74, 6) is -0.169. The Kier molecular flexibility index (Phi) is 6.12. The van der Waals surface area contributed by atoms with Crippen molar-refractivity contribution in [2.45, 2.75) is 19.8 Å². The van der Waals surface area contributed by atoms with Crippen molar-refractivity contribution in [1.82, 2.24) is 15.5 Å². The Hall–Kier alpha value is -1.54. The van der Waals surface area contributed by atoms with E-state index in [4.69, 9.17) is 5.26 Å². The number of hydrogen-bond donors (Lipinski definition) is 2. The van der Waals surface area contributed by atoms with Gasteiger partial charge in [0.1, 0.15) is 11.6 Å². The van der Waals surface area contributed by atoms with Gasteiger partial charge in [-0.2, -0.15) is 5.26 Å². The Balaban J connectivity index is 2.48. The standard InChI is InChI=1S/C12H20N4O/c1-2-3-4-15-10-11(9-13)12(17)16-7-5-14-6-8-16/h10,14-15H,2-8H2,1H3/b11-10-. The molecule has 1 heterocycles. The van der Waals surface area contributed by atoms with Crippen molar-refractivity contribution in [2.75, 3.05) is 32.7 Å². The van der Waals surface area contributed by atoms with E-state index >= 15 is 0 Å². The molecule has 0 spiro atoms. The molecule has 0 bridgehead atoms. The lowest BCUT2D eigenvalue weighted by Gasteiger charge is -2.27. The van der Waals surface area contributed by atoms with Gasteiger partial charge in [0.2, 0.25) is 0 Å². The Morgan fingerprint density at radius 3 is 2.82 bits per heavy atom. The van der Waals surface area contributed by atoms with Gasteiger partial charge in [0, 0.05) is 38.9 Å². The lowest BCUT2D eigenvalue weighted by Crippen LogP contribution is -2.46. The third kappa shape index (κ3) is 4.45. The van der Waals surface area contributed by atoms with Crippen LogP contribution in [0.3, 0.4) is 0 Å². The van der Waals surface area contributed by atoms with Gasteiger partial charge in [-0.1, -0.05) is 13.3 Å². The third-order valence-corrected chi connectivity index (χ3v) is 2.68. The van der Waals surface area contributed by atoms with Crippen LogP contribution in [0.15, 0.2) is 11.8 Å². The molecule has 0 aliphatic carbocycles. The fourth-order valence-electron chi connectivity index (χ4n) is 1.63. The third-order valence-electron chi connectivity index (χ3n) is 2.68. The number of amides is 1. The maximum absolute atomic E-state index is 12.0. The van der Waals surface area contributed by atoms with E-state index in [0.717, 1.165) is 32.5 Å². The number of nitriles is 1. The molecule has 0 saturated carbocycles. The Labute approximate surface area is 102 Å². The zero-order valence-corrected chi connectivity index (χ0v) is 10.3. The van der Waals surface area contributed by atoms with Crippen molar-refractivity contribution < 1.29 is 4.79 Å². The smallest absolute Gasteiger partial charge is 0.266 e. The van der Waals surface area contributed by atoms with Crippen molar-refractivity contribution in [3.8, 4) is 6.07 Å². The van der Waals surface area contributed by atoms with Crippen LogP contribution in [0.5, 0.6) is 0 Å². The molecule has 1 aliphatic rings. The van der Waals surface area contributed by atoms with E-state index < -0.39 is 0 Å². The normalized spacial score (nSPS) is 16.5. The molecule has 0 radical (unpaired) electrons. The summed E-state index contributed by atoms with van der Waals surface area (Å²) in [5.41, 5.74) is 0.197. The van der Waals surface area contributed by atoms with Crippen LogP contribution in [0.2, 0.25) is 0 Å². The number of piperazine rings is 1. The Morgan fingerprint density at radius 2 is 2.24 bits per heavy atom. The van der Waals surface area contributed by atoms with E-state index in [-0.39, 0.29) is 11.5 Å². The minimum Gasteiger partial charge on any atom is -0.390 e. The molecular weight excluding hydrogens is 216 g/mol. The van der Waals surface area contributed by atoms with Crippen LogP contribution in [0.4, 0.5) is 0 Å². The SMILES string of the molecule is CCCCN/C=C(/C#N)C(=O)N1CCNCC1. The highest BCUT2D eigenvalue weighted by molar-refractivity contribution is 5.97. The molecule has 1 aliphatic heterocycles. The van der Waals surface area contributed by atoms with Crippen LogP contribution in [-0.4, -0.2) is 43.5 Å². The number of nitrogens with one attached hydrogen (secondary N) is 2. The molecule has 17 heavy (non-hydrogen) atoms. The molecule has 94 valence electrons. The number of carbonyl (C=O) groups is 1. The van der Waals surface area contributed by atoms with Gasteiger partial charge >= 0.3 is 0 Å². The molecule has 1 saturated heterocycles. The number of nitrogens with zero attached hydrogens (tertiary/aromatic N) is 2. The van der Waals surface area contributed by atoms with Crippen LogP contribution in [0.25, 0.3) is 0 Å². The first-order chi connectivity index (χ1) is 8.29. The summed E-state index contributed by atoms with van der Waals surface area (Å²) in [6, 6.07) is 1.96. The predicted octanol–water partition coefficient (Wildman–Crippen LogP) is 0.215. The van der Waals surface area contributed by atoms with Crippen molar-refractivity contribution in [2.24, 2.45) is 0 Å². The summed E-state index contributed by atoms with van der Waals surface area (Å²) < 4.78 is 0. The van der Waals surface area contributed by atoms with E-state index in [2.05, 4.69) is 17.6 Å². The average Bonchev–Trinajstić information content (AvgIpc) is 2.39. The molecule has 5 heteroatoms. The quantitative estimate of drug-likeness (QED) is 0.407. The van der Waals surface area contributed by atoms with E-state index in [1.54, 1.807) is 11.1 Å². The maximum Gasteiger partial charge on any atom is 0.266 e. The molecule has 0 aromatic heterocycles. The number of unbranched alkanes of at least 4 members (excludes halogenated alkanes) is 1. The molecule has 0 atom stereocenters. The van der Waals surface area contributed by atoms with Gasteiger partial charge in [0.05, 0.1) is 0 Å². The van der Waals surface area contributed by atoms with E-state index in [0.29, 0.717) is 13.1 Å². The number of rotatable bonds is 5. The van der Waals surface area contributed by atoms with Gasteiger partial charge in [-0.15, -0.1) is 0 Å². The fourth-order valence-corrected chi connectivity index (χ4v) is 1.63. The highest BCUT2D eigenvalue weighted by atomic mass is 16.2. The lowest BCUT2D eigenvalue weighted by atomic mass is 10.2. The second-order valence-corrected chi connectivity index (χ2v) is 4.02. The molecule has 2 N–H and O–H groups in total. The molecular formula is C12H20N4O. The van der Waals surface area contributed by atoms with Gasteiger partial charge in [-0.05, 0) is 6.42 Å². The van der Waals surface area contributed by atoms with Crippen LogP contribution in [0, 0.1) is 11.3 Å². The van der Waals surface area contributed by atoms with Crippen molar-refractivity contribution in [1.29, 1.82) is 5.26 Å².